The Labute approximate surface area is 159 Å². The Kier molecular flexibility index (Phi) is 3.43. The summed E-state index contributed by atoms with van der Waals surface area (Å²) in [5.41, 5.74) is 1.38. The van der Waals surface area contributed by atoms with Crippen molar-refractivity contribution in [2.24, 2.45) is 0 Å². The number of hydrogen-bond acceptors (Lipinski definition) is 3. The van der Waals surface area contributed by atoms with E-state index in [1.54, 1.807) is 0 Å². The third kappa shape index (κ3) is 2.40. The molecule has 4 aromatic rings. The van der Waals surface area contributed by atoms with Crippen LogP contribution < -0.4 is 5.46 Å². The molecule has 134 valence electrons. The van der Waals surface area contributed by atoms with Crippen LogP contribution in [0.4, 0.5) is 0 Å². The lowest BCUT2D eigenvalue weighted by atomic mass is 9.75. The zero-order valence-electron chi connectivity index (χ0n) is 16.1. The van der Waals surface area contributed by atoms with Gasteiger partial charge < -0.3 is 9.31 Å². The number of hydrogen-bond donors (Lipinski definition) is 0. The van der Waals surface area contributed by atoms with Crippen molar-refractivity contribution in [2.45, 2.75) is 38.9 Å². The molecule has 0 saturated carbocycles. The summed E-state index contributed by atoms with van der Waals surface area (Å²) in [7, 11) is -0.371. The van der Waals surface area contributed by atoms with Crippen LogP contribution in [0.25, 0.3) is 32.4 Å². The Morgan fingerprint density at radius 1 is 0.741 bits per heavy atom. The van der Waals surface area contributed by atoms with Crippen molar-refractivity contribution in [2.75, 3.05) is 0 Å². The summed E-state index contributed by atoms with van der Waals surface area (Å²) in [4.78, 5) is 4.53. The third-order valence-corrected chi connectivity index (χ3v) is 6.16. The molecule has 0 bridgehead atoms. The molecule has 1 aliphatic rings. The van der Waals surface area contributed by atoms with E-state index in [2.05, 4.69) is 81.2 Å². The van der Waals surface area contributed by atoms with Gasteiger partial charge >= 0.3 is 7.12 Å². The summed E-state index contributed by atoms with van der Waals surface area (Å²) < 4.78 is 12.6. The van der Waals surface area contributed by atoms with Crippen molar-refractivity contribution in [1.82, 2.24) is 4.98 Å². The van der Waals surface area contributed by atoms with Crippen LogP contribution in [0.2, 0.25) is 0 Å². The maximum Gasteiger partial charge on any atom is 0.495 e. The van der Waals surface area contributed by atoms with Crippen molar-refractivity contribution >= 4 is 45.0 Å². The van der Waals surface area contributed by atoms with Crippen LogP contribution in [0.1, 0.15) is 27.7 Å². The van der Waals surface area contributed by atoms with E-state index >= 15 is 0 Å². The van der Waals surface area contributed by atoms with Gasteiger partial charge in [-0.2, -0.15) is 0 Å². The van der Waals surface area contributed by atoms with E-state index in [4.69, 9.17) is 9.31 Å². The Hall–Kier alpha value is -2.43. The summed E-state index contributed by atoms with van der Waals surface area (Å²) in [5, 5.41) is 6.00. The van der Waals surface area contributed by atoms with Crippen LogP contribution >= 0.6 is 0 Å². The minimum Gasteiger partial charge on any atom is -0.399 e. The molecule has 0 radical (unpaired) electrons. The minimum atomic E-state index is -0.371. The lowest BCUT2D eigenvalue weighted by Crippen LogP contribution is -2.41. The molecule has 1 fully saturated rings. The fraction of sp³-hybridized carbons (Fsp3) is 0.261. The quantitative estimate of drug-likeness (QED) is 0.362. The first-order valence-corrected chi connectivity index (χ1v) is 9.42. The number of aromatic nitrogens is 1. The van der Waals surface area contributed by atoms with E-state index in [0.717, 1.165) is 11.0 Å². The van der Waals surface area contributed by atoms with E-state index in [0.29, 0.717) is 0 Å². The molecular formula is C23H22BNO2. The van der Waals surface area contributed by atoms with Gasteiger partial charge in [-0.05, 0) is 66.8 Å². The van der Waals surface area contributed by atoms with Crippen LogP contribution in [0.15, 0.2) is 60.8 Å². The molecule has 3 aromatic carbocycles. The topological polar surface area (TPSA) is 31.4 Å². The van der Waals surface area contributed by atoms with Crippen LogP contribution in [0.5, 0.6) is 0 Å². The van der Waals surface area contributed by atoms with Gasteiger partial charge in [0.1, 0.15) is 0 Å². The van der Waals surface area contributed by atoms with Crippen molar-refractivity contribution < 1.29 is 9.31 Å². The van der Waals surface area contributed by atoms with Crippen molar-refractivity contribution in [1.29, 1.82) is 0 Å². The molecule has 1 saturated heterocycles. The summed E-state index contributed by atoms with van der Waals surface area (Å²) in [6.45, 7) is 8.36. The fourth-order valence-electron chi connectivity index (χ4n) is 3.94. The van der Waals surface area contributed by atoms with E-state index in [1.165, 1.54) is 26.9 Å². The number of fused-ring (bicyclic) bond motifs is 5. The first-order valence-electron chi connectivity index (χ1n) is 9.42. The average molecular weight is 355 g/mol. The number of nitrogens with zero attached hydrogens (tertiary/aromatic N) is 1. The van der Waals surface area contributed by atoms with E-state index in [-0.39, 0.29) is 18.3 Å². The Morgan fingerprint density at radius 2 is 1.44 bits per heavy atom. The Balaban J connectivity index is 1.79. The van der Waals surface area contributed by atoms with Gasteiger partial charge in [-0.15, -0.1) is 0 Å². The van der Waals surface area contributed by atoms with E-state index < -0.39 is 0 Å². The summed E-state index contributed by atoms with van der Waals surface area (Å²) in [6, 6.07) is 19.1. The van der Waals surface area contributed by atoms with Gasteiger partial charge in [-0.25, -0.2) is 0 Å². The van der Waals surface area contributed by atoms with Crippen LogP contribution in [0, 0.1) is 0 Å². The molecule has 2 heterocycles. The molecule has 1 aromatic heterocycles. The van der Waals surface area contributed by atoms with Crippen LogP contribution in [-0.4, -0.2) is 23.3 Å². The molecule has 0 aliphatic carbocycles. The SMILES string of the molecule is CC1(C)OB(c2cccc3c2ccc2ccc4ncccc4c23)OC1(C)C. The van der Waals surface area contributed by atoms with Crippen molar-refractivity contribution in [3.05, 3.63) is 60.8 Å². The van der Waals surface area contributed by atoms with Crippen LogP contribution in [-0.2, 0) is 9.31 Å². The lowest BCUT2D eigenvalue weighted by Gasteiger charge is -2.32. The predicted octanol–water partition coefficient (Wildman–Crippen LogP) is 4.84. The van der Waals surface area contributed by atoms with Crippen LogP contribution in [0.3, 0.4) is 0 Å². The molecule has 4 heteroatoms. The third-order valence-electron chi connectivity index (χ3n) is 6.16. The highest BCUT2D eigenvalue weighted by Crippen LogP contribution is 2.38. The Bertz CT molecular complexity index is 1180. The highest BCUT2D eigenvalue weighted by Gasteiger charge is 2.52. The first-order chi connectivity index (χ1) is 12.9. The van der Waals surface area contributed by atoms with Crippen molar-refractivity contribution in [3.8, 4) is 0 Å². The van der Waals surface area contributed by atoms with Crippen molar-refractivity contribution in [3.63, 3.8) is 0 Å². The highest BCUT2D eigenvalue weighted by atomic mass is 16.7. The standard InChI is InChI=1S/C23H22BNO2/c1-22(2)23(3,4)27-24(26-22)19-9-5-7-17-16(19)12-10-15-11-13-20-18(21(15)17)8-6-14-25-20/h5-14H,1-4H3. The molecule has 0 atom stereocenters. The molecule has 0 amide bonds. The van der Waals surface area contributed by atoms with Gasteiger partial charge in [0.2, 0.25) is 0 Å². The second-order valence-electron chi connectivity index (χ2n) is 8.33. The van der Waals surface area contributed by atoms with Gasteiger partial charge in [0.25, 0.3) is 0 Å². The monoisotopic (exact) mass is 355 g/mol. The molecule has 5 rings (SSSR count). The largest absolute Gasteiger partial charge is 0.495 e. The van der Waals surface area contributed by atoms with Gasteiger partial charge in [-0.1, -0.05) is 42.5 Å². The van der Waals surface area contributed by atoms with Gasteiger partial charge in [-0.3, -0.25) is 4.98 Å². The molecule has 3 nitrogen and oxygen atoms in total. The maximum atomic E-state index is 6.32. The first kappa shape index (κ1) is 16.7. The number of rotatable bonds is 1. The minimum absolute atomic E-state index is 0.354. The van der Waals surface area contributed by atoms with E-state index in [1.807, 2.05) is 12.3 Å². The molecule has 0 spiro atoms. The Morgan fingerprint density at radius 3 is 2.22 bits per heavy atom. The van der Waals surface area contributed by atoms with Gasteiger partial charge in [0, 0.05) is 11.6 Å². The normalized spacial score (nSPS) is 18.6. The molecular weight excluding hydrogens is 333 g/mol. The molecule has 0 N–H and O–H groups in total. The number of benzene rings is 3. The predicted molar refractivity (Wildman–Crippen MR) is 112 cm³/mol. The van der Waals surface area contributed by atoms with Gasteiger partial charge in [0.05, 0.1) is 16.7 Å². The number of pyridine rings is 1. The highest BCUT2D eigenvalue weighted by molar-refractivity contribution is 6.65. The average Bonchev–Trinajstić information content (AvgIpc) is 2.87. The van der Waals surface area contributed by atoms with E-state index in [9.17, 15) is 0 Å². The smallest absolute Gasteiger partial charge is 0.399 e. The zero-order valence-corrected chi connectivity index (χ0v) is 16.1. The second kappa shape index (κ2) is 5.54. The zero-order chi connectivity index (χ0) is 18.8. The molecule has 1 aliphatic heterocycles. The second-order valence-corrected chi connectivity index (χ2v) is 8.33. The lowest BCUT2D eigenvalue weighted by molar-refractivity contribution is 0.00578. The fourth-order valence-corrected chi connectivity index (χ4v) is 3.94. The summed E-state index contributed by atoms with van der Waals surface area (Å²) >= 11 is 0. The molecule has 27 heavy (non-hydrogen) atoms. The summed E-state index contributed by atoms with van der Waals surface area (Å²) in [5.74, 6) is 0. The summed E-state index contributed by atoms with van der Waals surface area (Å²) in [6.07, 6.45) is 1.84. The van der Waals surface area contributed by atoms with Gasteiger partial charge in [0.15, 0.2) is 0 Å². The molecule has 0 unspecified atom stereocenters. The maximum absolute atomic E-state index is 6.32.